The number of rotatable bonds is 13. The van der Waals surface area contributed by atoms with Gasteiger partial charge in [-0.3, -0.25) is 0 Å². The Morgan fingerprint density at radius 3 is 1.17 bits per heavy atom. The highest BCUT2D eigenvalue weighted by Crippen LogP contribution is 2.38. The van der Waals surface area contributed by atoms with E-state index in [0.29, 0.717) is 11.8 Å². The van der Waals surface area contributed by atoms with E-state index in [0.717, 1.165) is 0 Å². The second-order valence-electron chi connectivity index (χ2n) is 13.2. The molecule has 200 valence electrons. The predicted octanol–water partition coefficient (Wildman–Crippen LogP) is 11.7. The highest BCUT2D eigenvalue weighted by atomic mass is 14.3. The molecule has 0 bridgehead atoms. The number of hydrogen-bond acceptors (Lipinski definition) is 0. The largest absolute Gasteiger partial charge is 0.0654 e. The summed E-state index contributed by atoms with van der Waals surface area (Å²) in [4.78, 5) is 0. The van der Waals surface area contributed by atoms with Crippen LogP contribution in [0.25, 0.3) is 11.1 Å². The Morgan fingerprint density at radius 2 is 0.889 bits per heavy atom. The molecule has 0 aromatic heterocycles. The smallest absolute Gasteiger partial charge is 0.00583 e. The van der Waals surface area contributed by atoms with Crippen molar-refractivity contribution in [2.24, 2.45) is 0 Å². The summed E-state index contributed by atoms with van der Waals surface area (Å²) < 4.78 is 0. The minimum absolute atomic E-state index is 0.0720. The molecule has 2 aromatic carbocycles. The molecule has 0 aliphatic heterocycles. The van der Waals surface area contributed by atoms with Crippen LogP contribution in [0.4, 0.5) is 0 Å². The lowest BCUT2D eigenvalue weighted by Crippen LogP contribution is -2.14. The molecule has 36 heavy (non-hydrogen) atoms. The van der Waals surface area contributed by atoms with E-state index in [-0.39, 0.29) is 10.8 Å². The lowest BCUT2D eigenvalue weighted by Gasteiger charge is -2.26. The van der Waals surface area contributed by atoms with Crippen LogP contribution in [0.3, 0.4) is 0 Å². The molecule has 0 aliphatic carbocycles. The molecule has 2 radical (unpaired) electrons. The van der Waals surface area contributed by atoms with E-state index in [4.69, 9.17) is 0 Å². The van der Waals surface area contributed by atoms with E-state index in [1.807, 2.05) is 0 Å². The van der Waals surface area contributed by atoms with Gasteiger partial charge in [0.1, 0.15) is 0 Å². The molecule has 2 atom stereocenters. The van der Waals surface area contributed by atoms with E-state index >= 15 is 0 Å². The van der Waals surface area contributed by atoms with Crippen molar-refractivity contribution in [3.63, 3.8) is 0 Å². The van der Waals surface area contributed by atoms with Gasteiger partial charge in [0, 0.05) is 0 Å². The summed E-state index contributed by atoms with van der Waals surface area (Å²) in [6.45, 7) is 23.3. The molecule has 2 aromatic rings. The van der Waals surface area contributed by atoms with E-state index in [1.54, 1.807) is 0 Å². The van der Waals surface area contributed by atoms with Gasteiger partial charge in [0.2, 0.25) is 0 Å². The van der Waals surface area contributed by atoms with Gasteiger partial charge in [-0.1, -0.05) is 132 Å². The first kappa shape index (κ1) is 30.7. The minimum atomic E-state index is 0.0720. The molecule has 2 rings (SSSR count). The van der Waals surface area contributed by atoms with Gasteiger partial charge in [0.25, 0.3) is 0 Å². The summed E-state index contributed by atoms with van der Waals surface area (Å²) in [5, 5.41) is 0. The Hall–Kier alpha value is -1.56. The number of unbranched alkanes of at least 4 members (excludes halogenated alkanes) is 2. The molecule has 0 saturated heterocycles. The first-order chi connectivity index (χ1) is 16.9. The molecule has 0 nitrogen and oxygen atoms in total. The summed E-state index contributed by atoms with van der Waals surface area (Å²) >= 11 is 0. The van der Waals surface area contributed by atoms with E-state index in [9.17, 15) is 0 Å². The third-order valence-electron chi connectivity index (χ3n) is 7.72. The Balaban J connectivity index is 2.74. The quantitative estimate of drug-likeness (QED) is 0.263. The van der Waals surface area contributed by atoms with Gasteiger partial charge >= 0.3 is 0 Å². The number of benzene rings is 2. The monoisotopic (exact) mass is 488 g/mol. The van der Waals surface area contributed by atoms with Crippen molar-refractivity contribution in [2.45, 2.75) is 156 Å². The molecular formula is C36H56. The lowest BCUT2D eigenvalue weighted by molar-refractivity contribution is 0.536. The summed E-state index contributed by atoms with van der Waals surface area (Å²) in [6.07, 6.45) is 12.7. The van der Waals surface area contributed by atoms with Crippen molar-refractivity contribution in [1.82, 2.24) is 0 Å². The highest BCUT2D eigenvalue weighted by Gasteiger charge is 2.23. The molecule has 0 fully saturated rings. The van der Waals surface area contributed by atoms with Crippen molar-refractivity contribution >= 4 is 0 Å². The summed E-state index contributed by atoms with van der Waals surface area (Å²) in [6, 6.07) is 17.6. The van der Waals surface area contributed by atoms with E-state index in [1.165, 1.54) is 97.6 Å². The normalized spacial score (nSPS) is 14.2. The summed E-state index contributed by atoms with van der Waals surface area (Å²) in [7, 11) is 0. The van der Waals surface area contributed by atoms with Crippen molar-refractivity contribution < 1.29 is 0 Å². The molecule has 0 heteroatoms. The topological polar surface area (TPSA) is 0 Å². The first-order valence-electron chi connectivity index (χ1n) is 15.1. The standard InChI is InChI=1S/C36H56/c1-11-15-19-27(17-13-3)29-21-31(25-33(23-29)35(5,6)7)32-22-30(24-34(26-32)36(8,9)10)28(18-14-4)20-16-12-2/h21-24,27-28H,11-20H2,1-10H3. The Bertz CT molecular complexity index is 841. The highest BCUT2D eigenvalue weighted by molar-refractivity contribution is 5.67. The second kappa shape index (κ2) is 13.8. The molecule has 0 heterocycles. The third kappa shape index (κ3) is 8.78. The van der Waals surface area contributed by atoms with Gasteiger partial charge in [-0.25, -0.2) is 0 Å². The molecule has 0 saturated carbocycles. The zero-order valence-corrected chi connectivity index (χ0v) is 25.5. The number of hydrogen-bond donors (Lipinski definition) is 0. The van der Waals surface area contributed by atoms with Crippen LogP contribution >= 0.6 is 0 Å². The van der Waals surface area contributed by atoms with Gasteiger partial charge in [0.15, 0.2) is 0 Å². The second-order valence-corrected chi connectivity index (χ2v) is 13.2. The zero-order chi connectivity index (χ0) is 26.9. The van der Waals surface area contributed by atoms with Crippen LogP contribution in [0.15, 0.2) is 24.3 Å². The maximum atomic E-state index is 3.88. The van der Waals surface area contributed by atoms with Gasteiger partial charge in [-0.2, -0.15) is 0 Å². The van der Waals surface area contributed by atoms with Crippen LogP contribution in [0.2, 0.25) is 0 Å². The molecule has 2 unspecified atom stereocenters. The van der Waals surface area contributed by atoms with Gasteiger partial charge in [0.05, 0.1) is 0 Å². The van der Waals surface area contributed by atoms with Crippen LogP contribution in [-0.4, -0.2) is 0 Å². The Labute approximate surface area is 225 Å². The molecule has 0 spiro atoms. The van der Waals surface area contributed by atoms with Crippen LogP contribution in [-0.2, 0) is 10.8 Å². The molecule has 0 N–H and O–H groups in total. The van der Waals surface area contributed by atoms with Crippen molar-refractivity contribution in [3.8, 4) is 11.1 Å². The predicted molar refractivity (Wildman–Crippen MR) is 161 cm³/mol. The third-order valence-corrected chi connectivity index (χ3v) is 7.72. The maximum absolute atomic E-state index is 3.88. The van der Waals surface area contributed by atoms with Gasteiger partial charge < -0.3 is 0 Å². The fraction of sp³-hybridized carbons (Fsp3) is 0.667. The zero-order valence-electron chi connectivity index (χ0n) is 25.5. The molecule has 0 aliphatic rings. The maximum Gasteiger partial charge on any atom is -0.00583 e. The fourth-order valence-corrected chi connectivity index (χ4v) is 5.31. The Morgan fingerprint density at radius 1 is 0.528 bits per heavy atom. The fourth-order valence-electron chi connectivity index (χ4n) is 5.31. The summed E-state index contributed by atoms with van der Waals surface area (Å²) in [5.74, 6) is 1.26. The molecule has 0 amide bonds. The van der Waals surface area contributed by atoms with E-state index < -0.39 is 0 Å². The minimum Gasteiger partial charge on any atom is -0.0654 e. The van der Waals surface area contributed by atoms with Crippen LogP contribution in [0, 0.1) is 12.1 Å². The van der Waals surface area contributed by atoms with Crippen LogP contribution < -0.4 is 0 Å². The van der Waals surface area contributed by atoms with Crippen LogP contribution in [0.1, 0.15) is 168 Å². The van der Waals surface area contributed by atoms with Crippen molar-refractivity contribution in [1.29, 1.82) is 0 Å². The first-order valence-corrected chi connectivity index (χ1v) is 15.1. The molecular weight excluding hydrogens is 432 g/mol. The average molecular weight is 489 g/mol. The summed E-state index contributed by atoms with van der Waals surface area (Å²) in [5.41, 5.74) is 8.32. The van der Waals surface area contributed by atoms with Crippen molar-refractivity contribution in [2.75, 3.05) is 0 Å². The van der Waals surface area contributed by atoms with E-state index in [2.05, 4.69) is 106 Å². The van der Waals surface area contributed by atoms with Gasteiger partial charge in [-0.15, -0.1) is 0 Å². The van der Waals surface area contributed by atoms with Crippen molar-refractivity contribution in [3.05, 3.63) is 58.7 Å². The Kier molecular flexibility index (Phi) is 11.8. The van der Waals surface area contributed by atoms with Gasteiger partial charge in [-0.05, 0) is 93.9 Å². The average Bonchev–Trinajstić information content (AvgIpc) is 2.82. The van der Waals surface area contributed by atoms with Crippen LogP contribution in [0.5, 0.6) is 0 Å². The SMILES string of the molecule is CCCCC(CCC)c1cc(-c2[c]c(C(C)(C)C)cc(C(CCC)CCCC)c2)[c]c(C(C)(C)C)c1. The lowest BCUT2D eigenvalue weighted by atomic mass is 9.78.